The molecule has 3 N–H and O–H groups in total. The monoisotopic (exact) mass is 326 g/mol. The first kappa shape index (κ1) is 15.1. The van der Waals surface area contributed by atoms with E-state index in [9.17, 15) is 8.42 Å². The second-order valence-electron chi connectivity index (χ2n) is 4.21. The second-order valence-corrected chi connectivity index (χ2v) is 7.39. The molecule has 1 heterocycles. The molecule has 0 fully saturated rings. The summed E-state index contributed by atoms with van der Waals surface area (Å²) in [5, 5.41) is 1.93. The number of hydrogen-bond acceptors (Lipinski definition) is 4. The Labute approximate surface area is 127 Å². The van der Waals surface area contributed by atoms with Gasteiger partial charge in [-0.25, -0.2) is 13.1 Å². The van der Waals surface area contributed by atoms with Gasteiger partial charge in [0.2, 0.25) is 10.0 Å². The molecule has 20 heavy (non-hydrogen) atoms. The number of rotatable bonds is 5. The van der Waals surface area contributed by atoms with Crippen molar-refractivity contribution in [3.8, 4) is 0 Å². The lowest BCUT2D eigenvalue weighted by atomic mass is 10.2. The maximum Gasteiger partial charge on any atom is 0.241 e. The van der Waals surface area contributed by atoms with Crippen molar-refractivity contribution in [2.45, 2.75) is 18.4 Å². The van der Waals surface area contributed by atoms with E-state index in [2.05, 4.69) is 4.72 Å². The number of thiophene rings is 1. The number of hydrogen-bond donors (Lipinski definition) is 2. The van der Waals surface area contributed by atoms with Crippen LogP contribution in [0.3, 0.4) is 0 Å². The summed E-state index contributed by atoms with van der Waals surface area (Å²) in [6, 6.07) is 8.41. The molecule has 0 saturated heterocycles. The first-order valence-electron chi connectivity index (χ1n) is 5.83. The highest BCUT2D eigenvalue weighted by Gasteiger charge is 2.19. The van der Waals surface area contributed by atoms with Crippen molar-refractivity contribution in [2.75, 3.05) is 0 Å². The second kappa shape index (κ2) is 6.01. The van der Waals surface area contributed by atoms with Crippen molar-refractivity contribution in [1.82, 2.24) is 4.72 Å². The molecule has 0 atom stereocenters. The molecule has 0 aliphatic heterocycles. The minimum atomic E-state index is -3.64. The summed E-state index contributed by atoms with van der Waals surface area (Å²) >= 11 is 6.41. The largest absolute Gasteiger partial charge is 0.389 e. The zero-order valence-corrected chi connectivity index (χ0v) is 13.2. The summed E-state index contributed by atoms with van der Waals surface area (Å²) in [5.74, 6) is 0. The van der Waals surface area contributed by atoms with E-state index >= 15 is 0 Å². The fraction of sp³-hybridized carbons (Fsp3) is 0.154. The Kier molecular flexibility index (Phi) is 4.54. The Bertz CT molecular complexity index is 736. The molecule has 2 rings (SSSR count). The molecule has 0 bridgehead atoms. The zero-order chi connectivity index (χ0) is 14.8. The highest BCUT2D eigenvalue weighted by atomic mass is 32.2. The maximum atomic E-state index is 12.3. The molecular formula is C13H14N2O2S3. The Morgan fingerprint density at radius 3 is 2.65 bits per heavy atom. The van der Waals surface area contributed by atoms with E-state index < -0.39 is 10.0 Å². The maximum absolute atomic E-state index is 12.3. The van der Waals surface area contributed by atoms with Crippen LogP contribution < -0.4 is 10.5 Å². The lowest BCUT2D eigenvalue weighted by Gasteiger charge is -2.10. The van der Waals surface area contributed by atoms with Crippen molar-refractivity contribution in [3.63, 3.8) is 0 Å². The Balaban J connectivity index is 2.27. The van der Waals surface area contributed by atoms with Gasteiger partial charge in [0, 0.05) is 17.0 Å². The molecule has 106 valence electrons. The number of nitrogens with one attached hydrogen (secondary N) is 1. The third-order valence-corrected chi connectivity index (χ3v) is 5.54. The van der Waals surface area contributed by atoms with Gasteiger partial charge in [-0.05, 0) is 30.0 Å². The van der Waals surface area contributed by atoms with Crippen LogP contribution in [0.25, 0.3) is 0 Å². The topological polar surface area (TPSA) is 72.2 Å². The first-order chi connectivity index (χ1) is 9.42. The smallest absolute Gasteiger partial charge is 0.241 e. The van der Waals surface area contributed by atoms with E-state index in [4.69, 9.17) is 18.0 Å². The third kappa shape index (κ3) is 3.24. The fourth-order valence-electron chi connectivity index (χ4n) is 1.73. The van der Waals surface area contributed by atoms with Crippen molar-refractivity contribution in [3.05, 3.63) is 51.7 Å². The van der Waals surface area contributed by atoms with E-state index in [0.717, 1.165) is 10.4 Å². The number of thiocarbonyl (C=S) groups is 1. The quantitative estimate of drug-likeness (QED) is 0.826. The predicted molar refractivity (Wildman–Crippen MR) is 85.4 cm³/mol. The lowest BCUT2D eigenvalue weighted by Crippen LogP contribution is -2.26. The molecule has 1 aromatic heterocycles. The molecule has 0 spiro atoms. The Morgan fingerprint density at radius 1 is 1.35 bits per heavy atom. The van der Waals surface area contributed by atoms with Gasteiger partial charge in [-0.1, -0.05) is 30.4 Å². The number of sulfonamides is 1. The molecule has 0 saturated carbocycles. The van der Waals surface area contributed by atoms with Gasteiger partial charge >= 0.3 is 0 Å². The van der Waals surface area contributed by atoms with Gasteiger partial charge in [0.1, 0.15) is 4.99 Å². The molecular weight excluding hydrogens is 312 g/mol. The van der Waals surface area contributed by atoms with Crippen molar-refractivity contribution < 1.29 is 8.42 Å². The van der Waals surface area contributed by atoms with Crippen LogP contribution in [0.4, 0.5) is 0 Å². The van der Waals surface area contributed by atoms with E-state index in [1.54, 1.807) is 18.2 Å². The Morgan fingerprint density at radius 2 is 2.05 bits per heavy atom. The standard InChI is InChI=1S/C13H14N2O2S3/c1-9-6-7-19-11(9)8-15-20(16,17)12-5-3-2-4-10(12)13(14)18/h2-7,15H,8H2,1H3,(H2,14,18). The molecule has 7 heteroatoms. The average Bonchev–Trinajstić information content (AvgIpc) is 2.82. The van der Waals surface area contributed by atoms with Gasteiger partial charge < -0.3 is 5.73 Å². The van der Waals surface area contributed by atoms with Gasteiger partial charge in [0.25, 0.3) is 0 Å². The van der Waals surface area contributed by atoms with Crippen LogP contribution in [0.5, 0.6) is 0 Å². The molecule has 0 aliphatic rings. The summed E-state index contributed by atoms with van der Waals surface area (Å²) < 4.78 is 27.3. The minimum absolute atomic E-state index is 0.0679. The molecule has 0 amide bonds. The van der Waals surface area contributed by atoms with Crippen molar-refractivity contribution in [1.29, 1.82) is 0 Å². The number of nitrogens with two attached hydrogens (primary N) is 1. The normalized spacial score (nSPS) is 11.4. The van der Waals surface area contributed by atoms with Gasteiger partial charge in [-0.15, -0.1) is 11.3 Å². The van der Waals surface area contributed by atoms with E-state index in [0.29, 0.717) is 5.56 Å². The summed E-state index contributed by atoms with van der Waals surface area (Å²) in [6.45, 7) is 2.21. The SMILES string of the molecule is Cc1ccsc1CNS(=O)(=O)c1ccccc1C(N)=S. The van der Waals surface area contributed by atoms with Crippen LogP contribution in [-0.2, 0) is 16.6 Å². The van der Waals surface area contributed by atoms with E-state index in [1.165, 1.54) is 17.4 Å². The van der Waals surface area contributed by atoms with E-state index in [1.807, 2.05) is 18.4 Å². The van der Waals surface area contributed by atoms with Crippen LogP contribution >= 0.6 is 23.6 Å². The third-order valence-electron chi connectivity index (χ3n) is 2.83. The summed E-state index contributed by atoms with van der Waals surface area (Å²) in [7, 11) is -3.64. The van der Waals surface area contributed by atoms with Gasteiger partial charge in [0.05, 0.1) is 4.90 Å². The van der Waals surface area contributed by atoms with Crippen LogP contribution in [0.1, 0.15) is 16.0 Å². The molecule has 2 aromatic rings. The van der Waals surface area contributed by atoms with Crippen molar-refractivity contribution in [2.24, 2.45) is 5.73 Å². The van der Waals surface area contributed by atoms with Crippen LogP contribution in [-0.4, -0.2) is 13.4 Å². The lowest BCUT2D eigenvalue weighted by molar-refractivity contribution is 0.581. The zero-order valence-electron chi connectivity index (χ0n) is 10.8. The van der Waals surface area contributed by atoms with Gasteiger partial charge in [-0.2, -0.15) is 0 Å². The summed E-state index contributed by atoms with van der Waals surface area (Å²) in [6.07, 6.45) is 0. The summed E-state index contributed by atoms with van der Waals surface area (Å²) in [5.41, 5.74) is 7.00. The highest BCUT2D eigenvalue weighted by Crippen LogP contribution is 2.18. The van der Waals surface area contributed by atoms with Gasteiger partial charge in [0.15, 0.2) is 0 Å². The first-order valence-corrected chi connectivity index (χ1v) is 8.60. The van der Waals surface area contributed by atoms with Gasteiger partial charge in [-0.3, -0.25) is 0 Å². The van der Waals surface area contributed by atoms with E-state index in [-0.39, 0.29) is 16.4 Å². The molecule has 0 aliphatic carbocycles. The summed E-state index contributed by atoms with van der Waals surface area (Å²) in [4.78, 5) is 1.17. The number of aryl methyl sites for hydroxylation is 1. The minimum Gasteiger partial charge on any atom is -0.389 e. The molecule has 0 unspecified atom stereocenters. The number of benzene rings is 1. The van der Waals surface area contributed by atoms with Crippen molar-refractivity contribution >= 4 is 38.6 Å². The molecule has 1 aromatic carbocycles. The fourth-order valence-corrected chi connectivity index (χ4v) is 4.12. The predicted octanol–water partition coefficient (Wildman–Crippen LogP) is 2.17. The van der Waals surface area contributed by atoms with Crippen LogP contribution in [0, 0.1) is 6.92 Å². The van der Waals surface area contributed by atoms with Crippen LogP contribution in [0.2, 0.25) is 0 Å². The molecule has 0 radical (unpaired) electrons. The molecule has 4 nitrogen and oxygen atoms in total. The van der Waals surface area contributed by atoms with Crippen LogP contribution in [0.15, 0.2) is 40.6 Å². The Hall–Kier alpha value is -1.28. The highest BCUT2D eigenvalue weighted by molar-refractivity contribution is 7.89. The average molecular weight is 326 g/mol.